The van der Waals surface area contributed by atoms with Gasteiger partial charge in [-0.3, -0.25) is 10.1 Å². The first kappa shape index (κ1) is 20.1. The molecule has 9 heteroatoms. The van der Waals surface area contributed by atoms with Crippen LogP contribution in [0.2, 0.25) is 0 Å². The van der Waals surface area contributed by atoms with E-state index in [0.29, 0.717) is 11.6 Å². The molecule has 7 nitrogen and oxygen atoms in total. The molecule has 28 heavy (non-hydrogen) atoms. The van der Waals surface area contributed by atoms with Gasteiger partial charge in [0.15, 0.2) is 0 Å². The number of aromatic nitrogens is 2. The zero-order valence-electron chi connectivity index (χ0n) is 15.2. The van der Waals surface area contributed by atoms with Gasteiger partial charge in [-0.05, 0) is 55.3 Å². The summed E-state index contributed by atoms with van der Waals surface area (Å²) in [5.74, 6) is -0.134. The fourth-order valence-electron chi connectivity index (χ4n) is 2.28. The molecule has 3 rings (SSSR count). The minimum atomic E-state index is -0.589. The third-order valence-corrected chi connectivity index (χ3v) is 5.13. The van der Waals surface area contributed by atoms with Gasteiger partial charge >= 0.3 is 6.03 Å². The molecule has 0 fully saturated rings. The summed E-state index contributed by atoms with van der Waals surface area (Å²) in [6.07, 6.45) is 0. The molecule has 1 aromatic heterocycles. The number of amides is 3. The lowest BCUT2D eigenvalue weighted by molar-refractivity contribution is -0.117. The molecule has 0 spiro atoms. The van der Waals surface area contributed by atoms with Crippen molar-refractivity contribution in [2.24, 2.45) is 0 Å². The Kier molecular flexibility index (Phi) is 6.48. The maximum Gasteiger partial charge on any atom is 0.325 e. The van der Waals surface area contributed by atoms with Crippen molar-refractivity contribution in [1.29, 1.82) is 0 Å². The van der Waals surface area contributed by atoms with E-state index < -0.39 is 11.9 Å². The minimum Gasteiger partial charge on any atom is -0.411 e. The van der Waals surface area contributed by atoms with E-state index in [2.05, 4.69) is 36.8 Å². The van der Waals surface area contributed by atoms with E-state index in [-0.39, 0.29) is 11.0 Å². The Morgan fingerprint density at radius 3 is 2.68 bits per heavy atom. The minimum absolute atomic E-state index is 0.0273. The van der Waals surface area contributed by atoms with Gasteiger partial charge in [0, 0.05) is 15.7 Å². The number of thioether (sulfide) groups is 1. The van der Waals surface area contributed by atoms with E-state index in [4.69, 9.17) is 4.42 Å². The maximum atomic E-state index is 12.0. The Labute approximate surface area is 174 Å². The van der Waals surface area contributed by atoms with Crippen LogP contribution in [0.5, 0.6) is 0 Å². The lowest BCUT2D eigenvalue weighted by atomic mass is 10.1. The van der Waals surface area contributed by atoms with Crippen molar-refractivity contribution in [3.05, 3.63) is 58.1 Å². The van der Waals surface area contributed by atoms with E-state index >= 15 is 0 Å². The lowest BCUT2D eigenvalue weighted by Crippen LogP contribution is -2.35. The molecule has 0 saturated heterocycles. The Hall–Kier alpha value is -2.65. The number of rotatable bonds is 5. The van der Waals surface area contributed by atoms with Crippen LogP contribution in [0.4, 0.5) is 10.5 Å². The average molecular weight is 461 g/mol. The fraction of sp³-hybridized carbons (Fsp3) is 0.158. The highest BCUT2D eigenvalue weighted by Crippen LogP contribution is 2.25. The third-order valence-electron chi connectivity index (χ3n) is 3.82. The topological polar surface area (TPSA) is 97.1 Å². The molecular weight excluding hydrogens is 444 g/mol. The average Bonchev–Trinajstić information content (AvgIpc) is 3.12. The van der Waals surface area contributed by atoms with Gasteiger partial charge in [-0.15, -0.1) is 10.2 Å². The summed E-state index contributed by atoms with van der Waals surface area (Å²) >= 11 is 4.44. The largest absolute Gasteiger partial charge is 0.411 e. The summed E-state index contributed by atoms with van der Waals surface area (Å²) in [6.45, 7) is 3.94. The van der Waals surface area contributed by atoms with Gasteiger partial charge in [0.2, 0.25) is 11.8 Å². The molecule has 0 aliphatic carbocycles. The van der Waals surface area contributed by atoms with Crippen molar-refractivity contribution >= 4 is 45.3 Å². The van der Waals surface area contributed by atoms with Gasteiger partial charge in [0.25, 0.3) is 5.22 Å². The second-order valence-electron chi connectivity index (χ2n) is 5.97. The normalized spacial score (nSPS) is 10.5. The number of hydrogen-bond acceptors (Lipinski definition) is 6. The number of hydrogen-bond donors (Lipinski definition) is 2. The Morgan fingerprint density at radius 2 is 1.93 bits per heavy atom. The molecule has 3 aromatic rings. The molecule has 0 atom stereocenters. The van der Waals surface area contributed by atoms with Crippen LogP contribution in [0.15, 0.2) is 56.6 Å². The molecule has 0 radical (unpaired) electrons. The second kappa shape index (κ2) is 9.03. The highest BCUT2D eigenvalue weighted by atomic mass is 79.9. The Morgan fingerprint density at radius 1 is 1.11 bits per heavy atom. The molecule has 0 bridgehead atoms. The monoisotopic (exact) mass is 460 g/mol. The quantitative estimate of drug-likeness (QED) is 0.541. The van der Waals surface area contributed by atoms with E-state index in [1.54, 1.807) is 6.07 Å². The maximum absolute atomic E-state index is 12.0. The predicted octanol–water partition coefficient (Wildman–Crippen LogP) is 4.56. The van der Waals surface area contributed by atoms with E-state index in [1.165, 1.54) is 0 Å². The van der Waals surface area contributed by atoms with Crippen LogP contribution in [0.3, 0.4) is 0 Å². The predicted molar refractivity (Wildman–Crippen MR) is 111 cm³/mol. The van der Waals surface area contributed by atoms with Gasteiger partial charge in [0.05, 0.1) is 5.75 Å². The summed E-state index contributed by atoms with van der Waals surface area (Å²) in [7, 11) is 0. The molecule has 2 aromatic carbocycles. The smallest absolute Gasteiger partial charge is 0.325 e. The number of carbonyl (C=O) groups excluding carboxylic acids is 2. The van der Waals surface area contributed by atoms with Crippen LogP contribution in [0, 0.1) is 13.8 Å². The van der Waals surface area contributed by atoms with Crippen molar-refractivity contribution in [3.8, 4) is 11.5 Å². The molecule has 3 amide bonds. The highest BCUT2D eigenvalue weighted by Gasteiger charge is 2.13. The van der Waals surface area contributed by atoms with Crippen LogP contribution in [-0.4, -0.2) is 27.9 Å². The summed E-state index contributed by atoms with van der Waals surface area (Å²) in [5, 5.41) is 13.0. The van der Waals surface area contributed by atoms with Gasteiger partial charge in [0.1, 0.15) is 0 Å². The zero-order chi connectivity index (χ0) is 20.1. The summed E-state index contributed by atoms with van der Waals surface area (Å²) < 4.78 is 6.43. The molecule has 144 valence electrons. The first-order chi connectivity index (χ1) is 13.4. The van der Waals surface area contributed by atoms with E-state index in [0.717, 1.165) is 32.9 Å². The van der Waals surface area contributed by atoms with Crippen molar-refractivity contribution < 1.29 is 14.0 Å². The molecule has 0 aliphatic rings. The van der Waals surface area contributed by atoms with Gasteiger partial charge in [-0.1, -0.05) is 39.8 Å². The summed E-state index contributed by atoms with van der Waals surface area (Å²) in [4.78, 5) is 23.9. The molecule has 0 saturated carbocycles. The third kappa shape index (κ3) is 5.43. The van der Waals surface area contributed by atoms with Crippen molar-refractivity contribution in [1.82, 2.24) is 15.5 Å². The number of urea groups is 1. The van der Waals surface area contributed by atoms with Gasteiger partial charge in [-0.2, -0.15) is 0 Å². The molecule has 0 aliphatic heterocycles. The zero-order valence-corrected chi connectivity index (χ0v) is 17.6. The molecule has 2 N–H and O–H groups in total. The molecular formula is C19H17BrN4O3S. The van der Waals surface area contributed by atoms with Gasteiger partial charge in [-0.25, -0.2) is 4.79 Å². The lowest BCUT2D eigenvalue weighted by Gasteiger charge is -2.08. The highest BCUT2D eigenvalue weighted by molar-refractivity contribution is 9.10. The van der Waals surface area contributed by atoms with Gasteiger partial charge < -0.3 is 9.73 Å². The SMILES string of the molecule is Cc1ccc(NC(=O)NC(=O)CSc2nnc(-c3cccc(Br)c3)o2)cc1C. The summed E-state index contributed by atoms with van der Waals surface area (Å²) in [6, 6.07) is 12.4. The molecule has 1 heterocycles. The number of carbonyl (C=O) groups is 2. The number of benzene rings is 2. The Balaban J connectivity index is 1.50. The number of halogens is 1. The van der Waals surface area contributed by atoms with E-state index in [1.807, 2.05) is 50.2 Å². The van der Waals surface area contributed by atoms with Crippen molar-refractivity contribution in [2.75, 3.05) is 11.1 Å². The summed E-state index contributed by atoms with van der Waals surface area (Å²) in [5.41, 5.74) is 3.57. The fourth-order valence-corrected chi connectivity index (χ4v) is 3.24. The second-order valence-corrected chi connectivity index (χ2v) is 7.82. The standard InChI is InChI=1S/C19H17BrN4O3S/c1-11-6-7-15(8-12(11)2)21-18(26)22-16(25)10-28-19-24-23-17(27-19)13-4-3-5-14(20)9-13/h3-9H,10H2,1-2H3,(H2,21,22,25,26). The number of anilines is 1. The van der Waals surface area contributed by atoms with Crippen molar-refractivity contribution in [2.45, 2.75) is 19.1 Å². The van der Waals surface area contributed by atoms with Crippen LogP contribution in [-0.2, 0) is 4.79 Å². The first-order valence-corrected chi connectivity index (χ1v) is 10.1. The number of aryl methyl sites for hydroxylation is 2. The number of nitrogens with one attached hydrogen (secondary N) is 2. The Bertz CT molecular complexity index is 1020. The number of nitrogens with zero attached hydrogens (tertiary/aromatic N) is 2. The van der Waals surface area contributed by atoms with Crippen LogP contribution >= 0.6 is 27.7 Å². The van der Waals surface area contributed by atoms with Crippen LogP contribution < -0.4 is 10.6 Å². The van der Waals surface area contributed by atoms with Crippen LogP contribution in [0.25, 0.3) is 11.5 Å². The van der Waals surface area contributed by atoms with E-state index in [9.17, 15) is 9.59 Å². The molecule has 0 unspecified atom stereocenters. The van der Waals surface area contributed by atoms with Crippen molar-refractivity contribution in [3.63, 3.8) is 0 Å². The number of imide groups is 1. The van der Waals surface area contributed by atoms with Crippen LogP contribution in [0.1, 0.15) is 11.1 Å². The first-order valence-electron chi connectivity index (χ1n) is 8.31.